The molecule has 0 radical (unpaired) electrons. The number of nitrogens with zero attached hydrogens (tertiary/aromatic N) is 2. The highest BCUT2D eigenvalue weighted by molar-refractivity contribution is 6.00. The van der Waals surface area contributed by atoms with Crippen LogP contribution in [0.15, 0.2) is 42.4 Å². The van der Waals surface area contributed by atoms with E-state index in [4.69, 9.17) is 0 Å². The van der Waals surface area contributed by atoms with Crippen molar-refractivity contribution in [3.63, 3.8) is 0 Å². The zero-order chi connectivity index (χ0) is 22.6. The second-order valence-electron chi connectivity index (χ2n) is 8.46. The second-order valence-corrected chi connectivity index (χ2v) is 8.46. The smallest absolute Gasteiger partial charge is 0.251 e. The van der Waals surface area contributed by atoms with Gasteiger partial charge in [-0.2, -0.15) is 5.10 Å². The van der Waals surface area contributed by atoms with Crippen molar-refractivity contribution in [2.75, 3.05) is 20.6 Å². The zero-order valence-electron chi connectivity index (χ0n) is 18.9. The number of fused-ring (bicyclic) bond motifs is 2. The molecule has 0 saturated carbocycles. The second kappa shape index (κ2) is 9.20. The van der Waals surface area contributed by atoms with E-state index in [9.17, 15) is 4.79 Å². The Hall–Kier alpha value is -3.35. The number of aromatic amines is 2. The minimum atomic E-state index is -0.120. The molecule has 31 heavy (non-hydrogen) atoms. The lowest BCUT2D eigenvalue weighted by atomic mass is 9.76. The largest absolute Gasteiger partial charge is 0.375 e. The highest BCUT2D eigenvalue weighted by atomic mass is 16.1. The fourth-order valence-corrected chi connectivity index (χ4v) is 4.02. The van der Waals surface area contributed by atoms with Crippen LogP contribution < -0.4 is 10.6 Å². The molecule has 1 aromatic carbocycles. The summed E-state index contributed by atoms with van der Waals surface area (Å²) in [4.78, 5) is 20.0. The van der Waals surface area contributed by atoms with Crippen molar-refractivity contribution in [3.05, 3.63) is 54.2 Å². The molecule has 7 nitrogen and oxygen atoms in total. The highest BCUT2D eigenvalue weighted by Gasteiger charge is 2.29. The summed E-state index contributed by atoms with van der Waals surface area (Å²) in [6.07, 6.45) is 3.21. The van der Waals surface area contributed by atoms with Gasteiger partial charge in [0.15, 0.2) is 0 Å². The van der Waals surface area contributed by atoms with Crippen LogP contribution in [0.2, 0.25) is 0 Å². The highest BCUT2D eigenvalue weighted by Crippen LogP contribution is 2.38. The average molecular weight is 421 g/mol. The summed E-state index contributed by atoms with van der Waals surface area (Å²) in [6.45, 7) is 11.0. The summed E-state index contributed by atoms with van der Waals surface area (Å²) in [5.41, 5.74) is 6.48. The summed E-state index contributed by atoms with van der Waals surface area (Å²) in [5.74, 6) is 0.611. The van der Waals surface area contributed by atoms with Crippen molar-refractivity contribution in [2.24, 2.45) is 10.4 Å². The molecule has 1 aliphatic carbocycles. The first-order valence-electron chi connectivity index (χ1n) is 10.5. The van der Waals surface area contributed by atoms with Gasteiger partial charge in [-0.3, -0.25) is 14.9 Å². The number of amidine groups is 1. The van der Waals surface area contributed by atoms with Gasteiger partial charge in [0.2, 0.25) is 0 Å². The molecule has 2 aromatic heterocycles. The number of nitrogens with one attached hydrogen (secondary N) is 4. The Bertz CT molecular complexity index is 1100. The van der Waals surface area contributed by atoms with E-state index in [1.807, 2.05) is 18.2 Å². The lowest BCUT2D eigenvalue weighted by Gasteiger charge is -2.28. The molecule has 0 aliphatic heterocycles. The van der Waals surface area contributed by atoms with Gasteiger partial charge in [0, 0.05) is 41.8 Å². The summed E-state index contributed by atoms with van der Waals surface area (Å²) in [6, 6.07) is 7.77. The Morgan fingerprint density at radius 1 is 1.29 bits per heavy atom. The van der Waals surface area contributed by atoms with Gasteiger partial charge in [0.1, 0.15) is 11.5 Å². The van der Waals surface area contributed by atoms with E-state index in [0.717, 1.165) is 47.4 Å². The van der Waals surface area contributed by atoms with Crippen molar-refractivity contribution in [2.45, 2.75) is 33.1 Å². The molecule has 3 aromatic rings. The summed E-state index contributed by atoms with van der Waals surface area (Å²) in [7, 11) is 3.48. The van der Waals surface area contributed by atoms with Crippen LogP contribution in [0, 0.1) is 5.41 Å². The van der Waals surface area contributed by atoms with Crippen molar-refractivity contribution in [1.29, 1.82) is 0 Å². The van der Waals surface area contributed by atoms with Gasteiger partial charge in [-0.25, -0.2) is 0 Å². The number of H-pyrrole nitrogens is 2. The van der Waals surface area contributed by atoms with E-state index in [2.05, 4.69) is 63.9 Å². The van der Waals surface area contributed by atoms with Gasteiger partial charge in [0.25, 0.3) is 5.91 Å². The number of aliphatic imine (C=N–C) groups is 1. The quantitative estimate of drug-likeness (QED) is 0.293. The molecule has 4 N–H and O–H groups in total. The van der Waals surface area contributed by atoms with Gasteiger partial charge in [0.05, 0.1) is 12.2 Å². The van der Waals surface area contributed by atoms with Gasteiger partial charge in [-0.15, -0.1) is 13.2 Å². The van der Waals surface area contributed by atoms with Crippen LogP contribution in [0.3, 0.4) is 0 Å². The molecule has 1 aliphatic rings. The summed E-state index contributed by atoms with van der Waals surface area (Å²) in [5, 5.41) is 14.7. The van der Waals surface area contributed by atoms with Gasteiger partial charge in [-0.05, 0) is 48.9 Å². The molecule has 4 rings (SSSR count). The van der Waals surface area contributed by atoms with Crippen molar-refractivity contribution < 1.29 is 4.79 Å². The maximum absolute atomic E-state index is 12.5. The minimum absolute atomic E-state index is 0.120. The maximum Gasteiger partial charge on any atom is 0.251 e. The van der Waals surface area contributed by atoms with Crippen LogP contribution in [0.4, 0.5) is 0 Å². The molecule has 164 valence electrons. The Kier molecular flexibility index (Phi) is 6.63. The minimum Gasteiger partial charge on any atom is -0.375 e. The third-order valence-electron chi connectivity index (χ3n) is 5.77. The Labute approximate surface area is 183 Å². The number of hydrogen-bond acceptors (Lipinski definition) is 3. The van der Waals surface area contributed by atoms with E-state index >= 15 is 0 Å². The third-order valence-corrected chi connectivity index (χ3v) is 5.77. The number of carbonyl (C=O) groups is 1. The van der Waals surface area contributed by atoms with Crippen LogP contribution in [-0.2, 0) is 12.8 Å². The Morgan fingerprint density at radius 3 is 2.77 bits per heavy atom. The van der Waals surface area contributed by atoms with E-state index in [0.29, 0.717) is 17.5 Å². The van der Waals surface area contributed by atoms with Crippen LogP contribution >= 0.6 is 0 Å². The summed E-state index contributed by atoms with van der Waals surface area (Å²) < 4.78 is 0. The molecule has 0 fully saturated rings. The lowest BCUT2D eigenvalue weighted by molar-refractivity contribution is 0.0959. The molecule has 0 unspecified atom stereocenters. The van der Waals surface area contributed by atoms with Gasteiger partial charge < -0.3 is 15.6 Å². The lowest BCUT2D eigenvalue weighted by Crippen LogP contribution is -2.35. The average Bonchev–Trinajstić information content (AvgIpc) is 3.37. The van der Waals surface area contributed by atoms with E-state index in [1.165, 1.54) is 11.3 Å². The molecular weight excluding hydrogens is 388 g/mol. The topological polar surface area (TPSA) is 98.0 Å². The SMILES string of the molecule is C=C.CN=C(CNC(=O)c1ccc2[nH]c(-c3n[nH]c4c3CCC(C)(C)C4)cc2c1)NC. The van der Waals surface area contributed by atoms with Crippen LogP contribution in [0.1, 0.15) is 41.9 Å². The van der Waals surface area contributed by atoms with E-state index in [1.54, 1.807) is 14.1 Å². The zero-order valence-corrected chi connectivity index (χ0v) is 18.9. The fourth-order valence-electron chi connectivity index (χ4n) is 4.02. The van der Waals surface area contributed by atoms with Gasteiger partial charge in [-0.1, -0.05) is 13.8 Å². The first-order valence-corrected chi connectivity index (χ1v) is 10.5. The third kappa shape index (κ3) is 4.71. The monoisotopic (exact) mass is 420 g/mol. The normalized spacial score (nSPS) is 15.0. The first-order chi connectivity index (χ1) is 14.9. The van der Waals surface area contributed by atoms with Gasteiger partial charge >= 0.3 is 0 Å². The van der Waals surface area contributed by atoms with Crippen LogP contribution in [0.5, 0.6) is 0 Å². The number of aromatic nitrogens is 3. The number of likely N-dealkylation sites (N-methyl/N-ethyl adjacent to an activating group) is 1. The van der Waals surface area contributed by atoms with Crippen molar-refractivity contribution in [1.82, 2.24) is 25.8 Å². The fraction of sp³-hybridized carbons (Fsp3) is 0.375. The molecule has 7 heteroatoms. The predicted octanol–water partition coefficient (Wildman–Crippen LogP) is 3.85. The molecule has 0 bridgehead atoms. The number of hydrogen-bond donors (Lipinski definition) is 4. The molecule has 1 amide bonds. The Balaban J connectivity index is 0.00000132. The molecular formula is C24H32N6O. The molecule has 2 heterocycles. The standard InChI is InChI=1S/C22H28N6O.C2H4/c1-22(2)8-7-15-18(11-22)27-28-20(15)17-10-14-9-13(5-6-16(14)26-17)21(29)25-12-19(23-3)24-4;1-2/h5-6,9-10,26H,7-8,11-12H2,1-4H3,(H,23,24)(H,25,29)(H,27,28);1-2H2. The van der Waals surface area contributed by atoms with Crippen molar-refractivity contribution >= 4 is 22.6 Å². The Morgan fingerprint density at radius 2 is 2.06 bits per heavy atom. The predicted molar refractivity (Wildman–Crippen MR) is 128 cm³/mol. The maximum atomic E-state index is 12.5. The summed E-state index contributed by atoms with van der Waals surface area (Å²) >= 11 is 0. The van der Waals surface area contributed by atoms with Crippen LogP contribution in [-0.4, -0.2) is 47.6 Å². The molecule has 0 saturated heterocycles. The molecule has 0 atom stereocenters. The molecule has 0 spiro atoms. The number of carbonyl (C=O) groups excluding carboxylic acids is 1. The number of rotatable bonds is 4. The number of amides is 1. The van der Waals surface area contributed by atoms with Crippen LogP contribution in [0.25, 0.3) is 22.3 Å². The van der Waals surface area contributed by atoms with E-state index < -0.39 is 0 Å². The van der Waals surface area contributed by atoms with E-state index in [-0.39, 0.29) is 5.91 Å². The number of benzene rings is 1. The van der Waals surface area contributed by atoms with Crippen molar-refractivity contribution in [3.8, 4) is 11.4 Å². The first kappa shape index (κ1) is 22.3.